The molecular weight excluding hydrogens is 335 g/mol. The summed E-state index contributed by atoms with van der Waals surface area (Å²) in [5.74, 6) is 0.580. The molecule has 0 fully saturated rings. The fourth-order valence-corrected chi connectivity index (χ4v) is 2.82. The summed E-state index contributed by atoms with van der Waals surface area (Å²) in [5.41, 5.74) is 1.03. The summed E-state index contributed by atoms with van der Waals surface area (Å²) >= 11 is 0. The fourth-order valence-electron chi connectivity index (χ4n) is 2.82. The standard InChI is InChI=1S/C20H21FN2O3/c1-13(2)16-5-3-4-6-19(16)26-11-15(24)10-23-12-22-18-9-14(21)7-8-17(18)20(23)25/h3-9,12-13,15,24H,10-11H2,1-2H3. The molecule has 0 amide bonds. The van der Waals surface area contributed by atoms with Gasteiger partial charge in [0.2, 0.25) is 0 Å². The Labute approximate surface area is 150 Å². The van der Waals surface area contributed by atoms with E-state index in [1.807, 2.05) is 24.3 Å². The summed E-state index contributed by atoms with van der Waals surface area (Å²) in [6.07, 6.45) is 0.433. The van der Waals surface area contributed by atoms with Crippen molar-refractivity contribution in [3.63, 3.8) is 0 Å². The second-order valence-corrected chi connectivity index (χ2v) is 6.52. The van der Waals surface area contributed by atoms with Crippen LogP contribution >= 0.6 is 0 Å². The molecule has 1 heterocycles. The van der Waals surface area contributed by atoms with Crippen LogP contribution in [-0.2, 0) is 6.54 Å². The van der Waals surface area contributed by atoms with Gasteiger partial charge in [0, 0.05) is 6.07 Å². The van der Waals surface area contributed by atoms with Gasteiger partial charge in [-0.1, -0.05) is 32.0 Å². The molecular formula is C20H21FN2O3. The first-order valence-corrected chi connectivity index (χ1v) is 8.50. The first-order chi connectivity index (χ1) is 12.5. The number of rotatable bonds is 6. The minimum Gasteiger partial charge on any atom is -0.491 e. The molecule has 1 atom stereocenters. The second kappa shape index (κ2) is 7.66. The Hall–Kier alpha value is -2.73. The van der Waals surface area contributed by atoms with Gasteiger partial charge in [-0.15, -0.1) is 0 Å². The lowest BCUT2D eigenvalue weighted by Gasteiger charge is -2.17. The molecule has 2 aromatic carbocycles. The van der Waals surface area contributed by atoms with E-state index < -0.39 is 11.9 Å². The molecule has 26 heavy (non-hydrogen) atoms. The number of aromatic nitrogens is 2. The molecule has 0 aliphatic heterocycles. The molecule has 136 valence electrons. The van der Waals surface area contributed by atoms with Gasteiger partial charge in [-0.2, -0.15) is 0 Å². The summed E-state index contributed by atoms with van der Waals surface area (Å²) in [6.45, 7) is 4.24. The van der Waals surface area contributed by atoms with Crippen LogP contribution < -0.4 is 10.3 Å². The van der Waals surface area contributed by atoms with Crippen LogP contribution in [0.4, 0.5) is 4.39 Å². The Balaban J connectivity index is 1.72. The summed E-state index contributed by atoms with van der Waals surface area (Å²) in [4.78, 5) is 16.5. The topological polar surface area (TPSA) is 64.3 Å². The maximum Gasteiger partial charge on any atom is 0.261 e. The van der Waals surface area contributed by atoms with Gasteiger partial charge in [-0.3, -0.25) is 9.36 Å². The number of benzene rings is 2. The number of ether oxygens (including phenoxy) is 1. The summed E-state index contributed by atoms with van der Waals surface area (Å²) in [5, 5.41) is 10.6. The zero-order valence-corrected chi connectivity index (χ0v) is 14.7. The number of hydrogen-bond acceptors (Lipinski definition) is 4. The average Bonchev–Trinajstić information content (AvgIpc) is 2.62. The summed E-state index contributed by atoms with van der Waals surface area (Å²) < 4.78 is 20.3. The molecule has 0 aliphatic rings. The lowest BCUT2D eigenvalue weighted by molar-refractivity contribution is 0.0909. The third-order valence-electron chi connectivity index (χ3n) is 4.17. The second-order valence-electron chi connectivity index (χ2n) is 6.52. The molecule has 3 aromatic rings. The molecule has 0 aliphatic carbocycles. The van der Waals surface area contributed by atoms with Crippen molar-refractivity contribution in [2.24, 2.45) is 0 Å². The minimum absolute atomic E-state index is 0.0446. The van der Waals surface area contributed by atoms with Crippen molar-refractivity contribution in [3.05, 3.63) is 70.5 Å². The Morgan fingerprint density at radius 2 is 2.00 bits per heavy atom. The molecule has 0 spiro atoms. The highest BCUT2D eigenvalue weighted by Gasteiger charge is 2.13. The van der Waals surface area contributed by atoms with Gasteiger partial charge in [0.05, 0.1) is 23.8 Å². The smallest absolute Gasteiger partial charge is 0.261 e. The minimum atomic E-state index is -0.882. The van der Waals surface area contributed by atoms with Crippen LogP contribution in [0.3, 0.4) is 0 Å². The van der Waals surface area contributed by atoms with Gasteiger partial charge in [-0.25, -0.2) is 9.37 Å². The molecule has 0 bridgehead atoms. The first-order valence-electron chi connectivity index (χ1n) is 8.50. The highest BCUT2D eigenvalue weighted by molar-refractivity contribution is 5.77. The van der Waals surface area contributed by atoms with Crippen molar-refractivity contribution in [2.75, 3.05) is 6.61 Å². The molecule has 0 radical (unpaired) electrons. The Morgan fingerprint density at radius 1 is 1.23 bits per heavy atom. The van der Waals surface area contributed by atoms with E-state index in [2.05, 4.69) is 18.8 Å². The van der Waals surface area contributed by atoms with E-state index in [0.29, 0.717) is 16.8 Å². The van der Waals surface area contributed by atoms with E-state index in [9.17, 15) is 14.3 Å². The van der Waals surface area contributed by atoms with Gasteiger partial charge in [0.15, 0.2) is 0 Å². The van der Waals surface area contributed by atoms with Crippen LogP contribution in [0.15, 0.2) is 53.6 Å². The predicted molar refractivity (Wildman–Crippen MR) is 98.0 cm³/mol. The summed E-state index contributed by atoms with van der Waals surface area (Å²) in [6, 6.07) is 11.5. The van der Waals surface area contributed by atoms with Crippen molar-refractivity contribution in [3.8, 4) is 5.75 Å². The SMILES string of the molecule is CC(C)c1ccccc1OCC(O)Cn1cnc2cc(F)ccc2c1=O. The molecule has 5 nitrogen and oxygen atoms in total. The number of fused-ring (bicyclic) bond motifs is 1. The van der Waals surface area contributed by atoms with Gasteiger partial charge in [0.25, 0.3) is 5.56 Å². The van der Waals surface area contributed by atoms with Crippen molar-refractivity contribution < 1.29 is 14.2 Å². The number of nitrogens with zero attached hydrogens (tertiary/aromatic N) is 2. The van der Waals surface area contributed by atoms with Crippen LogP contribution in [0.1, 0.15) is 25.3 Å². The number of aliphatic hydroxyl groups excluding tert-OH is 1. The predicted octanol–water partition coefficient (Wildman–Crippen LogP) is 3.10. The molecule has 0 saturated carbocycles. The quantitative estimate of drug-likeness (QED) is 0.737. The van der Waals surface area contributed by atoms with Crippen LogP contribution in [-0.4, -0.2) is 27.4 Å². The van der Waals surface area contributed by atoms with Crippen molar-refractivity contribution >= 4 is 10.9 Å². The maximum atomic E-state index is 13.2. The highest BCUT2D eigenvalue weighted by atomic mass is 19.1. The van der Waals surface area contributed by atoms with Crippen molar-refractivity contribution in [1.82, 2.24) is 9.55 Å². The van der Waals surface area contributed by atoms with E-state index in [4.69, 9.17) is 4.74 Å². The van der Waals surface area contributed by atoms with Crippen LogP contribution in [0, 0.1) is 5.82 Å². The van der Waals surface area contributed by atoms with Gasteiger partial charge in [0.1, 0.15) is 24.3 Å². The molecule has 3 rings (SSSR count). The van der Waals surface area contributed by atoms with E-state index >= 15 is 0 Å². The summed E-state index contributed by atoms with van der Waals surface area (Å²) in [7, 11) is 0. The average molecular weight is 356 g/mol. The number of halogens is 1. The Bertz CT molecular complexity index is 969. The highest BCUT2D eigenvalue weighted by Crippen LogP contribution is 2.25. The monoisotopic (exact) mass is 356 g/mol. The lowest BCUT2D eigenvalue weighted by atomic mass is 10.0. The molecule has 6 heteroatoms. The number of para-hydroxylation sites is 1. The molecule has 1 unspecified atom stereocenters. The third kappa shape index (κ3) is 3.91. The molecule has 1 N–H and O–H groups in total. The van der Waals surface area contributed by atoms with E-state index in [-0.39, 0.29) is 18.7 Å². The van der Waals surface area contributed by atoms with E-state index in [1.165, 1.54) is 29.1 Å². The van der Waals surface area contributed by atoms with Gasteiger partial charge >= 0.3 is 0 Å². The van der Waals surface area contributed by atoms with Gasteiger partial charge < -0.3 is 9.84 Å². The number of aliphatic hydroxyl groups is 1. The van der Waals surface area contributed by atoms with Crippen LogP contribution in [0.25, 0.3) is 10.9 Å². The molecule has 1 aromatic heterocycles. The zero-order chi connectivity index (χ0) is 18.7. The normalized spacial score (nSPS) is 12.5. The fraction of sp³-hybridized carbons (Fsp3) is 0.300. The van der Waals surface area contributed by atoms with E-state index in [1.54, 1.807) is 0 Å². The Kier molecular flexibility index (Phi) is 5.32. The maximum absolute atomic E-state index is 13.2. The first kappa shape index (κ1) is 18.1. The molecule has 0 saturated heterocycles. The number of hydrogen-bond donors (Lipinski definition) is 1. The zero-order valence-electron chi connectivity index (χ0n) is 14.7. The van der Waals surface area contributed by atoms with E-state index in [0.717, 1.165) is 11.3 Å². The Morgan fingerprint density at radius 3 is 2.77 bits per heavy atom. The van der Waals surface area contributed by atoms with Gasteiger partial charge in [-0.05, 0) is 29.7 Å². The lowest BCUT2D eigenvalue weighted by Crippen LogP contribution is -2.30. The van der Waals surface area contributed by atoms with Crippen molar-refractivity contribution in [2.45, 2.75) is 32.4 Å². The van der Waals surface area contributed by atoms with Crippen LogP contribution in [0.2, 0.25) is 0 Å². The van der Waals surface area contributed by atoms with Crippen LogP contribution in [0.5, 0.6) is 5.75 Å². The third-order valence-corrected chi connectivity index (χ3v) is 4.17. The largest absolute Gasteiger partial charge is 0.491 e. The van der Waals surface area contributed by atoms with Crippen molar-refractivity contribution in [1.29, 1.82) is 0 Å².